The Balaban J connectivity index is 3.03. The zero-order valence-electron chi connectivity index (χ0n) is 5.22. The van der Waals surface area contributed by atoms with Crippen molar-refractivity contribution >= 4 is 27.5 Å². The van der Waals surface area contributed by atoms with Crippen LogP contribution in [0.3, 0.4) is 0 Å². The lowest BCUT2D eigenvalue weighted by atomic mass is 10.2. The summed E-state index contributed by atoms with van der Waals surface area (Å²) in [6.45, 7) is 0. The van der Waals surface area contributed by atoms with Crippen molar-refractivity contribution < 1.29 is 0 Å². The summed E-state index contributed by atoms with van der Waals surface area (Å²) in [5, 5.41) is 0. The summed E-state index contributed by atoms with van der Waals surface area (Å²) in [6.07, 6.45) is 0. The highest BCUT2D eigenvalue weighted by Gasteiger charge is 2.03. The lowest BCUT2D eigenvalue weighted by molar-refractivity contribution is 1.01. The normalized spacial score (nSPS) is 13.1. The van der Waals surface area contributed by atoms with E-state index in [-0.39, 0.29) is 0 Å². The van der Waals surface area contributed by atoms with Gasteiger partial charge in [0.2, 0.25) is 0 Å². The molecule has 1 aromatic carbocycles. The van der Waals surface area contributed by atoms with Crippen LogP contribution in [0.1, 0.15) is 11.1 Å². The van der Waals surface area contributed by atoms with Gasteiger partial charge in [-0.15, -0.1) is 11.6 Å². The minimum Gasteiger partial charge on any atom is -0.312 e. The van der Waals surface area contributed by atoms with Gasteiger partial charge in [-0.05, 0) is 11.6 Å². The summed E-state index contributed by atoms with van der Waals surface area (Å²) in [5.41, 5.74) is 5.95. The van der Waals surface area contributed by atoms with E-state index in [1.807, 2.05) is 24.3 Å². The predicted octanol–water partition coefficient (Wildman–Crippen LogP) is 2.65. The van der Waals surface area contributed by atoms with Crippen LogP contribution in [0.25, 0.3) is 0 Å². The maximum atomic E-state index is 5.66. The average Bonchev–Trinajstić information content (AvgIpc) is 1.88. The van der Waals surface area contributed by atoms with E-state index in [4.69, 9.17) is 17.3 Å². The van der Waals surface area contributed by atoms with Crippen LogP contribution >= 0.6 is 27.5 Å². The predicted molar refractivity (Wildman–Crippen MR) is 46.9 cm³/mol. The highest BCUT2D eigenvalue weighted by Crippen LogP contribution is 2.23. The third-order valence-corrected chi connectivity index (χ3v) is 2.16. The molecule has 2 N–H and O–H groups in total. The zero-order chi connectivity index (χ0) is 7.56. The van der Waals surface area contributed by atoms with Crippen LogP contribution in [0.15, 0.2) is 28.7 Å². The van der Waals surface area contributed by atoms with Gasteiger partial charge in [0.1, 0.15) is 5.50 Å². The maximum Gasteiger partial charge on any atom is 0.107 e. The minimum absolute atomic E-state index is 0.421. The van der Waals surface area contributed by atoms with E-state index in [2.05, 4.69) is 15.9 Å². The number of benzene rings is 1. The number of hydrogen-bond donors (Lipinski definition) is 1. The summed E-state index contributed by atoms with van der Waals surface area (Å²) in [7, 11) is 0. The topological polar surface area (TPSA) is 26.0 Å². The Morgan fingerprint density at radius 1 is 1.40 bits per heavy atom. The molecule has 0 spiro atoms. The summed E-state index contributed by atoms with van der Waals surface area (Å²) in [6, 6.07) is 7.63. The molecule has 1 atom stereocenters. The molecule has 0 heterocycles. The van der Waals surface area contributed by atoms with Gasteiger partial charge in [0.15, 0.2) is 0 Å². The van der Waals surface area contributed by atoms with E-state index in [9.17, 15) is 0 Å². The first-order valence-corrected chi connectivity index (χ1v) is 4.09. The van der Waals surface area contributed by atoms with Crippen LogP contribution in [0.5, 0.6) is 0 Å². The molecule has 3 heteroatoms. The number of rotatable bonds is 1. The summed E-state index contributed by atoms with van der Waals surface area (Å²) in [5.74, 6) is 0. The van der Waals surface area contributed by atoms with Crippen molar-refractivity contribution in [1.82, 2.24) is 0 Å². The molecule has 10 heavy (non-hydrogen) atoms. The second-order valence-corrected chi connectivity index (χ2v) is 3.25. The third-order valence-electron chi connectivity index (χ3n) is 1.20. The van der Waals surface area contributed by atoms with E-state index < -0.39 is 5.50 Å². The smallest absolute Gasteiger partial charge is 0.107 e. The summed E-state index contributed by atoms with van der Waals surface area (Å²) < 4.78 is 0.956. The van der Waals surface area contributed by atoms with Crippen molar-refractivity contribution in [3.05, 3.63) is 34.3 Å². The molecule has 1 aromatic rings. The molecule has 0 fully saturated rings. The fourth-order valence-corrected chi connectivity index (χ4v) is 1.55. The number of nitrogens with two attached hydrogens (primary N) is 1. The average molecular weight is 220 g/mol. The quantitative estimate of drug-likeness (QED) is 0.571. The van der Waals surface area contributed by atoms with Crippen LogP contribution in [0, 0.1) is 0 Å². The minimum atomic E-state index is -0.421. The Labute approximate surface area is 73.3 Å². The molecule has 1 rings (SSSR count). The first kappa shape index (κ1) is 8.05. The van der Waals surface area contributed by atoms with Gasteiger partial charge in [-0.3, -0.25) is 0 Å². The summed E-state index contributed by atoms with van der Waals surface area (Å²) in [4.78, 5) is 0. The fraction of sp³-hybridized carbons (Fsp3) is 0.143. The van der Waals surface area contributed by atoms with Crippen molar-refractivity contribution in [3.63, 3.8) is 0 Å². The lowest BCUT2D eigenvalue weighted by Crippen LogP contribution is -2.02. The highest BCUT2D eigenvalue weighted by molar-refractivity contribution is 9.10. The molecule has 0 amide bonds. The number of halogens is 2. The molecule has 0 aromatic heterocycles. The van der Waals surface area contributed by atoms with Gasteiger partial charge in [0, 0.05) is 4.47 Å². The summed E-state index contributed by atoms with van der Waals surface area (Å²) >= 11 is 8.99. The van der Waals surface area contributed by atoms with E-state index in [0.29, 0.717) is 0 Å². The molecule has 0 saturated carbocycles. The maximum absolute atomic E-state index is 5.66. The van der Waals surface area contributed by atoms with E-state index in [0.717, 1.165) is 10.0 Å². The van der Waals surface area contributed by atoms with Crippen molar-refractivity contribution in [1.29, 1.82) is 0 Å². The van der Waals surface area contributed by atoms with Gasteiger partial charge < -0.3 is 5.73 Å². The van der Waals surface area contributed by atoms with Crippen molar-refractivity contribution in [2.75, 3.05) is 0 Å². The van der Waals surface area contributed by atoms with Crippen molar-refractivity contribution in [2.24, 2.45) is 5.73 Å². The fourth-order valence-electron chi connectivity index (χ4n) is 0.699. The van der Waals surface area contributed by atoms with Crippen molar-refractivity contribution in [3.8, 4) is 0 Å². The molecule has 1 unspecified atom stereocenters. The van der Waals surface area contributed by atoms with Gasteiger partial charge >= 0.3 is 0 Å². The van der Waals surface area contributed by atoms with Gasteiger partial charge in [-0.1, -0.05) is 34.1 Å². The van der Waals surface area contributed by atoms with Gasteiger partial charge in [0.05, 0.1) is 0 Å². The Bertz CT molecular complexity index is 225. The first-order chi connectivity index (χ1) is 4.72. The second kappa shape index (κ2) is 3.37. The number of hydrogen-bond acceptors (Lipinski definition) is 1. The van der Waals surface area contributed by atoms with E-state index in [1.165, 1.54) is 0 Å². The SMILES string of the molecule is NC(Cl)c1ccccc1Br. The van der Waals surface area contributed by atoms with Gasteiger partial charge in [-0.25, -0.2) is 0 Å². The Morgan fingerprint density at radius 3 is 2.40 bits per heavy atom. The highest BCUT2D eigenvalue weighted by atomic mass is 79.9. The zero-order valence-corrected chi connectivity index (χ0v) is 7.56. The molecular weight excluding hydrogens is 213 g/mol. The standard InChI is InChI=1S/C7H7BrClN/c8-6-4-2-1-3-5(6)7(9)10/h1-4,7H,10H2. The van der Waals surface area contributed by atoms with Crippen LogP contribution in [-0.4, -0.2) is 0 Å². The molecular formula is C7H7BrClN. The van der Waals surface area contributed by atoms with Crippen LogP contribution < -0.4 is 5.73 Å². The van der Waals surface area contributed by atoms with Gasteiger partial charge in [-0.2, -0.15) is 0 Å². The lowest BCUT2D eigenvalue weighted by Gasteiger charge is -2.04. The Hall–Kier alpha value is -0.0500. The van der Waals surface area contributed by atoms with Crippen LogP contribution in [0.2, 0.25) is 0 Å². The van der Waals surface area contributed by atoms with Crippen LogP contribution in [-0.2, 0) is 0 Å². The third kappa shape index (κ3) is 1.72. The molecule has 54 valence electrons. The Kier molecular flexibility index (Phi) is 2.72. The van der Waals surface area contributed by atoms with Crippen molar-refractivity contribution in [2.45, 2.75) is 5.50 Å². The largest absolute Gasteiger partial charge is 0.312 e. The first-order valence-electron chi connectivity index (χ1n) is 2.86. The Morgan fingerprint density at radius 2 is 2.00 bits per heavy atom. The monoisotopic (exact) mass is 219 g/mol. The van der Waals surface area contributed by atoms with E-state index in [1.54, 1.807) is 0 Å². The molecule has 0 radical (unpaired) electrons. The number of alkyl halides is 1. The molecule has 0 saturated heterocycles. The molecule has 0 aliphatic carbocycles. The van der Waals surface area contributed by atoms with Gasteiger partial charge in [0.25, 0.3) is 0 Å². The molecule has 0 aliphatic rings. The molecule has 0 aliphatic heterocycles. The second-order valence-electron chi connectivity index (χ2n) is 1.92. The van der Waals surface area contributed by atoms with E-state index >= 15 is 0 Å². The van der Waals surface area contributed by atoms with Crippen LogP contribution in [0.4, 0.5) is 0 Å². The molecule has 0 bridgehead atoms. The molecule has 1 nitrogen and oxygen atoms in total.